The van der Waals surface area contributed by atoms with Crippen molar-refractivity contribution >= 4 is 19.8 Å². The molecule has 0 heterocycles. The molecular formula is C6H18O4Si2. The van der Waals surface area contributed by atoms with E-state index >= 15 is 0 Å². The molecule has 12 heavy (non-hydrogen) atoms. The summed E-state index contributed by atoms with van der Waals surface area (Å²) in [5, 5.41) is 17.5. The van der Waals surface area contributed by atoms with E-state index in [0.717, 1.165) is 12.5 Å². The molecule has 0 saturated heterocycles. The van der Waals surface area contributed by atoms with Gasteiger partial charge in [0.2, 0.25) is 0 Å². The lowest BCUT2D eigenvalue weighted by molar-refractivity contribution is 0.0476. The normalized spacial score (nSPS) is 16.2. The van der Waals surface area contributed by atoms with Crippen LogP contribution >= 0.6 is 0 Å². The van der Waals surface area contributed by atoms with Crippen molar-refractivity contribution in [3.63, 3.8) is 0 Å². The molecule has 0 radical (unpaired) electrons. The van der Waals surface area contributed by atoms with E-state index in [1.807, 2.05) is 0 Å². The van der Waals surface area contributed by atoms with Crippen molar-refractivity contribution in [2.75, 3.05) is 13.2 Å². The summed E-state index contributed by atoms with van der Waals surface area (Å²) < 4.78 is 10.6. The van der Waals surface area contributed by atoms with E-state index in [9.17, 15) is 0 Å². The van der Waals surface area contributed by atoms with Gasteiger partial charge in [0.05, 0.1) is 19.3 Å². The van der Waals surface area contributed by atoms with Gasteiger partial charge >= 0.3 is 9.28 Å². The molecule has 0 fully saturated rings. The molecule has 6 heteroatoms. The first-order chi connectivity index (χ1) is 5.74. The smallest absolute Gasteiger partial charge is 0.310 e. The minimum Gasteiger partial charge on any atom is -0.447 e. The third-order valence-electron chi connectivity index (χ3n) is 1.47. The van der Waals surface area contributed by atoms with Crippen LogP contribution in [0.3, 0.4) is 0 Å². The zero-order valence-electron chi connectivity index (χ0n) is 7.69. The highest BCUT2D eigenvalue weighted by atomic mass is 28.3. The molecule has 4 nitrogen and oxygen atoms in total. The minimum absolute atomic E-state index is 0.204. The molecule has 0 rings (SSSR count). The highest BCUT2D eigenvalue weighted by molar-refractivity contribution is 6.48. The minimum atomic E-state index is -1.49. The van der Waals surface area contributed by atoms with Crippen LogP contribution in [0.2, 0.25) is 6.04 Å². The number of hydrogen-bond acceptors (Lipinski definition) is 4. The summed E-state index contributed by atoms with van der Waals surface area (Å²) in [7, 11) is -0.802. The standard InChI is InChI=1S/C6H18O4Si2/c1-2-3-12(10-11)9-5-6(8)4-7/h6-8,12H,2-5H2,1,11H3. The fourth-order valence-corrected chi connectivity index (χ4v) is 3.34. The van der Waals surface area contributed by atoms with Crippen LogP contribution in [0.4, 0.5) is 0 Å². The van der Waals surface area contributed by atoms with Gasteiger partial charge in [0, 0.05) is 0 Å². The largest absolute Gasteiger partial charge is 0.447 e. The first kappa shape index (κ1) is 12.3. The van der Waals surface area contributed by atoms with Crippen LogP contribution in [0.1, 0.15) is 13.3 Å². The molecule has 0 aliphatic rings. The van der Waals surface area contributed by atoms with E-state index in [4.69, 9.17) is 18.8 Å². The van der Waals surface area contributed by atoms with Gasteiger partial charge in [0.15, 0.2) is 0 Å². The third kappa shape index (κ3) is 5.87. The number of aliphatic hydroxyl groups excluding tert-OH is 2. The van der Waals surface area contributed by atoms with Crippen LogP contribution in [-0.2, 0) is 8.54 Å². The Morgan fingerprint density at radius 3 is 2.67 bits per heavy atom. The number of rotatable bonds is 7. The van der Waals surface area contributed by atoms with Crippen molar-refractivity contribution in [3.8, 4) is 0 Å². The quantitative estimate of drug-likeness (QED) is 0.491. The van der Waals surface area contributed by atoms with Crippen LogP contribution in [-0.4, -0.2) is 49.3 Å². The summed E-state index contributed by atoms with van der Waals surface area (Å²) in [5.74, 6) is 0. The lowest BCUT2D eigenvalue weighted by Crippen LogP contribution is -2.28. The van der Waals surface area contributed by atoms with Crippen molar-refractivity contribution < 1.29 is 18.8 Å². The van der Waals surface area contributed by atoms with E-state index in [-0.39, 0.29) is 13.2 Å². The maximum absolute atomic E-state index is 8.97. The van der Waals surface area contributed by atoms with Gasteiger partial charge in [-0.15, -0.1) is 0 Å². The zero-order valence-corrected chi connectivity index (χ0v) is 10.8. The second-order valence-corrected chi connectivity index (χ2v) is 6.28. The summed E-state index contributed by atoms with van der Waals surface area (Å²) in [5.41, 5.74) is 0. The lowest BCUT2D eigenvalue weighted by atomic mass is 10.4. The molecule has 0 aromatic rings. The van der Waals surface area contributed by atoms with Crippen molar-refractivity contribution in [1.29, 1.82) is 0 Å². The first-order valence-corrected chi connectivity index (χ1v) is 6.75. The van der Waals surface area contributed by atoms with Gasteiger partial charge in [-0.3, -0.25) is 0 Å². The molecule has 0 amide bonds. The average molecular weight is 210 g/mol. The molecule has 0 aliphatic carbocycles. The monoisotopic (exact) mass is 210 g/mol. The molecule has 2 N–H and O–H groups in total. The van der Waals surface area contributed by atoms with Crippen LogP contribution < -0.4 is 0 Å². The van der Waals surface area contributed by atoms with Crippen LogP contribution in [0.15, 0.2) is 0 Å². The van der Waals surface area contributed by atoms with E-state index in [1.165, 1.54) is 0 Å². The molecule has 0 aromatic heterocycles. The molecule has 0 aliphatic heterocycles. The maximum Gasteiger partial charge on any atom is 0.310 e. The van der Waals surface area contributed by atoms with Crippen molar-refractivity contribution in [1.82, 2.24) is 0 Å². The Labute approximate surface area is 77.9 Å². The van der Waals surface area contributed by atoms with E-state index in [0.29, 0.717) is 10.5 Å². The predicted molar refractivity (Wildman–Crippen MR) is 52.3 cm³/mol. The summed E-state index contributed by atoms with van der Waals surface area (Å²) in [4.78, 5) is 0. The molecule has 0 aromatic carbocycles. The van der Waals surface area contributed by atoms with E-state index in [2.05, 4.69) is 6.92 Å². The van der Waals surface area contributed by atoms with Crippen LogP contribution in [0.5, 0.6) is 0 Å². The Hall–Kier alpha value is 0.274. The van der Waals surface area contributed by atoms with Gasteiger partial charge in [-0.25, -0.2) is 0 Å². The Balaban J connectivity index is 3.43. The first-order valence-electron chi connectivity index (χ1n) is 4.17. The van der Waals surface area contributed by atoms with Gasteiger partial charge < -0.3 is 18.8 Å². The van der Waals surface area contributed by atoms with Crippen molar-refractivity contribution in [2.45, 2.75) is 25.5 Å². The molecular weight excluding hydrogens is 192 g/mol. The summed E-state index contributed by atoms with van der Waals surface area (Å²) >= 11 is 0. The predicted octanol–water partition coefficient (Wildman–Crippen LogP) is -1.72. The Kier molecular flexibility index (Phi) is 8.08. The highest BCUT2D eigenvalue weighted by Crippen LogP contribution is 1.99. The number of aliphatic hydroxyl groups is 2. The average Bonchev–Trinajstić information content (AvgIpc) is 2.11. The van der Waals surface area contributed by atoms with Crippen molar-refractivity contribution in [2.24, 2.45) is 0 Å². The second kappa shape index (κ2) is 7.90. The SMILES string of the molecule is CCC[SiH](O[SiH3])OCC(O)CO. The Bertz CT molecular complexity index is 104. The Morgan fingerprint density at radius 2 is 2.25 bits per heavy atom. The molecule has 0 spiro atoms. The van der Waals surface area contributed by atoms with Gasteiger partial charge in [-0.05, 0) is 6.04 Å². The lowest BCUT2D eigenvalue weighted by Gasteiger charge is -2.15. The summed E-state index contributed by atoms with van der Waals surface area (Å²) in [6.07, 6.45) is 0.294. The third-order valence-corrected chi connectivity index (χ3v) is 5.19. The van der Waals surface area contributed by atoms with Gasteiger partial charge in [0.25, 0.3) is 0 Å². The highest BCUT2D eigenvalue weighted by Gasteiger charge is 2.11. The van der Waals surface area contributed by atoms with Gasteiger partial charge in [-0.2, -0.15) is 0 Å². The van der Waals surface area contributed by atoms with Crippen LogP contribution in [0, 0.1) is 0 Å². The molecule has 0 saturated carbocycles. The van der Waals surface area contributed by atoms with E-state index < -0.39 is 15.4 Å². The fraction of sp³-hybridized carbons (Fsp3) is 1.00. The second-order valence-electron chi connectivity index (χ2n) is 2.62. The maximum atomic E-state index is 8.97. The van der Waals surface area contributed by atoms with E-state index in [1.54, 1.807) is 0 Å². The van der Waals surface area contributed by atoms with Gasteiger partial charge in [0.1, 0.15) is 10.5 Å². The fourth-order valence-electron chi connectivity index (χ4n) is 0.776. The van der Waals surface area contributed by atoms with Crippen LogP contribution in [0.25, 0.3) is 0 Å². The Morgan fingerprint density at radius 1 is 1.58 bits per heavy atom. The summed E-state index contributed by atoms with van der Waals surface area (Å²) in [6, 6.07) is 0.974. The molecule has 74 valence electrons. The molecule has 2 atom stereocenters. The molecule has 2 unspecified atom stereocenters. The topological polar surface area (TPSA) is 58.9 Å². The zero-order chi connectivity index (χ0) is 9.40. The number of hydrogen-bond donors (Lipinski definition) is 2. The van der Waals surface area contributed by atoms with Crippen molar-refractivity contribution in [3.05, 3.63) is 0 Å². The van der Waals surface area contributed by atoms with Gasteiger partial charge in [-0.1, -0.05) is 13.3 Å². The molecule has 0 bridgehead atoms. The summed E-state index contributed by atoms with van der Waals surface area (Å²) in [6.45, 7) is 2.04.